The molecule has 1 aliphatic heterocycles. The number of rotatable bonds is 5. The average molecular weight is 363 g/mol. The molecule has 2 atom stereocenters. The van der Waals surface area contributed by atoms with Gasteiger partial charge in [-0.1, -0.05) is 62.4 Å². The molecule has 1 N–H and O–H groups in total. The second kappa shape index (κ2) is 6.52. The maximum atomic E-state index is 13.4. The first-order chi connectivity index (χ1) is 12.9. The summed E-state index contributed by atoms with van der Waals surface area (Å²) in [5, 5.41) is 10.0. The Morgan fingerprint density at radius 2 is 1.74 bits per heavy atom. The number of hydrogen-bond donors (Lipinski definition) is 1. The van der Waals surface area contributed by atoms with E-state index in [1.807, 2.05) is 49.1 Å². The van der Waals surface area contributed by atoms with E-state index in [-0.39, 0.29) is 23.3 Å². The lowest BCUT2D eigenvalue weighted by Crippen LogP contribution is -2.54. The molecule has 2 aliphatic rings. The number of benzene rings is 2. The van der Waals surface area contributed by atoms with Gasteiger partial charge in [-0.2, -0.15) is 0 Å². The third-order valence-electron chi connectivity index (χ3n) is 6.15. The molecule has 0 aromatic heterocycles. The third-order valence-corrected chi connectivity index (χ3v) is 6.15. The molecule has 0 saturated heterocycles. The number of nitrogens with zero attached hydrogens (tertiary/aromatic N) is 1. The zero-order valence-corrected chi connectivity index (χ0v) is 15.8. The SMILES string of the molecule is CC(C)C1C(C(=O)O)c2ccccc2C(=O)N1CC1(c2ccccc2)CC1. The van der Waals surface area contributed by atoms with E-state index in [0.29, 0.717) is 17.7 Å². The van der Waals surface area contributed by atoms with Crippen LogP contribution in [0.3, 0.4) is 0 Å². The van der Waals surface area contributed by atoms with Crippen molar-refractivity contribution >= 4 is 11.9 Å². The molecule has 2 unspecified atom stereocenters. The van der Waals surface area contributed by atoms with Gasteiger partial charge in [-0.15, -0.1) is 0 Å². The molecule has 0 bridgehead atoms. The van der Waals surface area contributed by atoms with Gasteiger partial charge in [0, 0.05) is 17.5 Å². The summed E-state index contributed by atoms with van der Waals surface area (Å²) in [5.41, 5.74) is 2.38. The highest BCUT2D eigenvalue weighted by atomic mass is 16.4. The minimum atomic E-state index is -0.858. The third kappa shape index (κ3) is 2.93. The van der Waals surface area contributed by atoms with Crippen LogP contribution in [0.4, 0.5) is 0 Å². The van der Waals surface area contributed by atoms with Crippen LogP contribution >= 0.6 is 0 Å². The lowest BCUT2D eigenvalue weighted by Gasteiger charge is -2.44. The predicted molar refractivity (Wildman–Crippen MR) is 104 cm³/mol. The number of carbonyl (C=O) groups is 2. The second-order valence-corrected chi connectivity index (χ2v) is 8.22. The summed E-state index contributed by atoms with van der Waals surface area (Å²) in [6.07, 6.45) is 2.07. The van der Waals surface area contributed by atoms with E-state index in [2.05, 4.69) is 12.1 Å². The first kappa shape index (κ1) is 17.8. The molecule has 1 aliphatic carbocycles. The molecule has 4 nitrogen and oxygen atoms in total. The Kier molecular flexibility index (Phi) is 4.29. The molecule has 2 aromatic rings. The van der Waals surface area contributed by atoms with Gasteiger partial charge in [-0.05, 0) is 36.0 Å². The van der Waals surface area contributed by atoms with E-state index < -0.39 is 11.9 Å². The van der Waals surface area contributed by atoms with Gasteiger partial charge in [-0.3, -0.25) is 9.59 Å². The fourth-order valence-corrected chi connectivity index (χ4v) is 4.62. The maximum absolute atomic E-state index is 13.4. The Morgan fingerprint density at radius 3 is 2.33 bits per heavy atom. The predicted octanol–water partition coefficient (Wildman–Crippen LogP) is 4.07. The largest absolute Gasteiger partial charge is 0.481 e. The number of carboxylic acids is 1. The van der Waals surface area contributed by atoms with E-state index in [4.69, 9.17) is 0 Å². The van der Waals surface area contributed by atoms with Crippen molar-refractivity contribution in [2.75, 3.05) is 6.54 Å². The van der Waals surface area contributed by atoms with Crippen molar-refractivity contribution in [3.05, 3.63) is 71.3 Å². The quantitative estimate of drug-likeness (QED) is 0.871. The van der Waals surface area contributed by atoms with Gasteiger partial charge in [0.25, 0.3) is 5.91 Å². The number of aliphatic carboxylic acids is 1. The topological polar surface area (TPSA) is 57.6 Å². The van der Waals surface area contributed by atoms with Gasteiger partial charge in [0.1, 0.15) is 5.92 Å². The number of carbonyl (C=O) groups excluding carboxylic acids is 1. The highest BCUT2D eigenvalue weighted by Crippen LogP contribution is 2.50. The lowest BCUT2D eigenvalue weighted by atomic mass is 9.77. The Balaban J connectivity index is 1.77. The van der Waals surface area contributed by atoms with Crippen LogP contribution in [-0.2, 0) is 10.2 Å². The monoisotopic (exact) mass is 363 g/mol. The number of amides is 1. The van der Waals surface area contributed by atoms with Crippen LogP contribution in [0, 0.1) is 5.92 Å². The molecule has 1 fully saturated rings. The highest BCUT2D eigenvalue weighted by Gasteiger charge is 2.51. The Labute approximate surface area is 159 Å². The molecule has 140 valence electrons. The standard InChI is InChI=1S/C23H25NO3/c1-15(2)20-19(22(26)27)17-10-6-7-11-18(17)21(25)24(20)14-23(12-13-23)16-8-4-3-5-9-16/h3-11,15,19-20H,12-14H2,1-2H3,(H,26,27). The van der Waals surface area contributed by atoms with Crippen molar-refractivity contribution in [1.29, 1.82) is 0 Å². The zero-order chi connectivity index (χ0) is 19.2. The molecular formula is C23H25NO3. The fourth-order valence-electron chi connectivity index (χ4n) is 4.62. The summed E-state index contributed by atoms with van der Waals surface area (Å²) in [6.45, 7) is 4.60. The van der Waals surface area contributed by atoms with Gasteiger partial charge >= 0.3 is 5.97 Å². The molecule has 1 heterocycles. The lowest BCUT2D eigenvalue weighted by molar-refractivity contribution is -0.141. The fraction of sp³-hybridized carbons (Fsp3) is 0.391. The molecule has 4 heteroatoms. The highest BCUT2D eigenvalue weighted by molar-refractivity contribution is 6.00. The molecule has 0 spiro atoms. The van der Waals surface area contributed by atoms with Crippen molar-refractivity contribution in [2.24, 2.45) is 5.92 Å². The summed E-state index contributed by atoms with van der Waals surface area (Å²) in [7, 11) is 0. The van der Waals surface area contributed by atoms with E-state index >= 15 is 0 Å². The first-order valence-corrected chi connectivity index (χ1v) is 9.63. The van der Waals surface area contributed by atoms with Crippen LogP contribution in [-0.4, -0.2) is 34.5 Å². The summed E-state index contributed by atoms with van der Waals surface area (Å²) in [4.78, 5) is 27.4. The smallest absolute Gasteiger partial charge is 0.313 e. The summed E-state index contributed by atoms with van der Waals surface area (Å²) in [6, 6.07) is 17.1. The summed E-state index contributed by atoms with van der Waals surface area (Å²) in [5.74, 6) is -1.53. The first-order valence-electron chi connectivity index (χ1n) is 9.63. The van der Waals surface area contributed by atoms with Gasteiger partial charge in [-0.25, -0.2) is 0 Å². The Bertz CT molecular complexity index is 870. The minimum absolute atomic E-state index is 0.0380. The Morgan fingerprint density at radius 1 is 1.11 bits per heavy atom. The molecular weight excluding hydrogens is 338 g/mol. The second-order valence-electron chi connectivity index (χ2n) is 8.22. The minimum Gasteiger partial charge on any atom is -0.481 e. The van der Waals surface area contributed by atoms with Crippen LogP contribution < -0.4 is 0 Å². The van der Waals surface area contributed by atoms with Gasteiger partial charge in [0.05, 0.1) is 6.04 Å². The normalized spacial score (nSPS) is 23.2. The van der Waals surface area contributed by atoms with E-state index in [1.165, 1.54) is 5.56 Å². The number of hydrogen-bond acceptors (Lipinski definition) is 2. The van der Waals surface area contributed by atoms with Crippen molar-refractivity contribution in [2.45, 2.75) is 44.1 Å². The molecule has 0 radical (unpaired) electrons. The van der Waals surface area contributed by atoms with Crippen LogP contribution in [0.2, 0.25) is 0 Å². The maximum Gasteiger partial charge on any atom is 0.313 e. The van der Waals surface area contributed by atoms with Crippen molar-refractivity contribution in [1.82, 2.24) is 4.90 Å². The summed E-state index contributed by atoms with van der Waals surface area (Å²) < 4.78 is 0. The van der Waals surface area contributed by atoms with Crippen LogP contribution in [0.25, 0.3) is 0 Å². The zero-order valence-electron chi connectivity index (χ0n) is 15.8. The average Bonchev–Trinajstić information content (AvgIpc) is 3.45. The molecule has 1 amide bonds. The molecule has 1 saturated carbocycles. The van der Waals surface area contributed by atoms with Crippen LogP contribution in [0.1, 0.15) is 54.1 Å². The summed E-state index contributed by atoms with van der Waals surface area (Å²) >= 11 is 0. The van der Waals surface area contributed by atoms with Gasteiger partial charge < -0.3 is 10.0 Å². The molecule has 27 heavy (non-hydrogen) atoms. The molecule has 2 aromatic carbocycles. The van der Waals surface area contributed by atoms with Crippen molar-refractivity contribution in [3.63, 3.8) is 0 Å². The van der Waals surface area contributed by atoms with E-state index in [0.717, 1.165) is 12.8 Å². The van der Waals surface area contributed by atoms with Crippen molar-refractivity contribution < 1.29 is 14.7 Å². The van der Waals surface area contributed by atoms with E-state index in [9.17, 15) is 14.7 Å². The number of fused-ring (bicyclic) bond motifs is 1. The van der Waals surface area contributed by atoms with E-state index in [1.54, 1.807) is 12.1 Å². The van der Waals surface area contributed by atoms with Crippen LogP contribution in [0.5, 0.6) is 0 Å². The number of carboxylic acid groups (broad SMARTS) is 1. The van der Waals surface area contributed by atoms with Gasteiger partial charge in [0.2, 0.25) is 0 Å². The van der Waals surface area contributed by atoms with Gasteiger partial charge in [0.15, 0.2) is 0 Å². The van der Waals surface area contributed by atoms with Crippen LogP contribution in [0.15, 0.2) is 54.6 Å². The molecule has 4 rings (SSSR count). The van der Waals surface area contributed by atoms with Crippen molar-refractivity contribution in [3.8, 4) is 0 Å². The Hall–Kier alpha value is -2.62.